The molecule has 2 rings (SSSR count). The number of benzene rings is 1. The van der Waals surface area contributed by atoms with Crippen molar-refractivity contribution in [2.75, 3.05) is 7.11 Å². The number of hydrogen-bond donors (Lipinski definition) is 1. The lowest BCUT2D eigenvalue weighted by Crippen LogP contribution is -2.04. The normalized spacial score (nSPS) is 9.94. The number of rotatable bonds is 3. The zero-order valence-electron chi connectivity index (χ0n) is 9.12. The molecule has 0 fully saturated rings. The summed E-state index contributed by atoms with van der Waals surface area (Å²) >= 11 is 0. The Hall–Kier alpha value is -2.43. The molecule has 0 atom stereocenters. The second kappa shape index (κ2) is 4.61. The lowest BCUT2D eigenvalue weighted by atomic mass is 10.1. The van der Waals surface area contributed by atoms with Crippen LogP contribution in [0.25, 0.3) is 11.3 Å². The van der Waals surface area contributed by atoms with Crippen LogP contribution >= 0.6 is 0 Å². The molecule has 5 nitrogen and oxygen atoms in total. The number of hydrogen-bond acceptors (Lipinski definition) is 4. The summed E-state index contributed by atoms with van der Waals surface area (Å²) in [4.78, 5) is 18.9. The van der Waals surface area contributed by atoms with Crippen LogP contribution in [0.4, 0.5) is 0 Å². The van der Waals surface area contributed by atoms with E-state index in [2.05, 4.69) is 9.97 Å². The SMILES string of the molecule is COc1cccc(-c2nccnc2C(=O)O)c1. The average molecular weight is 230 g/mol. The van der Waals surface area contributed by atoms with Crippen molar-refractivity contribution >= 4 is 5.97 Å². The summed E-state index contributed by atoms with van der Waals surface area (Å²) in [6.45, 7) is 0. The lowest BCUT2D eigenvalue weighted by molar-refractivity contribution is 0.0691. The van der Waals surface area contributed by atoms with Gasteiger partial charge in [-0.05, 0) is 12.1 Å². The summed E-state index contributed by atoms with van der Waals surface area (Å²) in [5.74, 6) is -0.458. The Bertz CT molecular complexity index is 555. The molecule has 0 aliphatic heterocycles. The Morgan fingerprint density at radius 2 is 2.06 bits per heavy atom. The van der Waals surface area contributed by atoms with E-state index >= 15 is 0 Å². The number of aromatic nitrogens is 2. The van der Waals surface area contributed by atoms with E-state index in [-0.39, 0.29) is 5.69 Å². The van der Waals surface area contributed by atoms with Crippen molar-refractivity contribution in [3.8, 4) is 17.0 Å². The minimum absolute atomic E-state index is 0.0687. The van der Waals surface area contributed by atoms with Gasteiger partial charge in [-0.25, -0.2) is 9.78 Å². The number of carboxylic acids is 1. The van der Waals surface area contributed by atoms with Crippen molar-refractivity contribution in [3.63, 3.8) is 0 Å². The first kappa shape index (κ1) is 11.1. The first-order valence-electron chi connectivity index (χ1n) is 4.91. The third-order valence-electron chi connectivity index (χ3n) is 2.24. The molecular formula is C12H10N2O3. The molecular weight excluding hydrogens is 220 g/mol. The summed E-state index contributed by atoms with van der Waals surface area (Å²) in [6.07, 6.45) is 2.81. The highest BCUT2D eigenvalue weighted by atomic mass is 16.5. The quantitative estimate of drug-likeness (QED) is 0.871. The molecule has 1 aromatic carbocycles. The first-order chi connectivity index (χ1) is 8.22. The zero-order valence-corrected chi connectivity index (χ0v) is 9.12. The molecule has 17 heavy (non-hydrogen) atoms. The molecule has 0 saturated heterocycles. The fraction of sp³-hybridized carbons (Fsp3) is 0.0833. The van der Waals surface area contributed by atoms with Gasteiger partial charge in [0.05, 0.1) is 7.11 Å². The molecule has 86 valence electrons. The number of ether oxygens (including phenoxy) is 1. The predicted molar refractivity (Wildman–Crippen MR) is 61.0 cm³/mol. The molecule has 1 aromatic heterocycles. The molecule has 1 N–H and O–H groups in total. The van der Waals surface area contributed by atoms with Crippen LogP contribution in [0, 0.1) is 0 Å². The summed E-state index contributed by atoms with van der Waals surface area (Å²) in [7, 11) is 1.55. The van der Waals surface area contributed by atoms with Crippen LogP contribution in [0.1, 0.15) is 10.5 Å². The van der Waals surface area contributed by atoms with Crippen LogP contribution in [-0.4, -0.2) is 28.2 Å². The second-order valence-electron chi connectivity index (χ2n) is 3.29. The molecule has 1 heterocycles. The summed E-state index contributed by atoms with van der Waals surface area (Å²) < 4.78 is 5.08. The highest BCUT2D eigenvalue weighted by Gasteiger charge is 2.14. The first-order valence-corrected chi connectivity index (χ1v) is 4.91. The van der Waals surface area contributed by atoms with E-state index in [1.807, 2.05) is 0 Å². The van der Waals surface area contributed by atoms with Gasteiger partial charge in [-0.1, -0.05) is 12.1 Å². The van der Waals surface area contributed by atoms with Crippen molar-refractivity contribution in [1.29, 1.82) is 0 Å². The molecule has 5 heteroatoms. The topological polar surface area (TPSA) is 72.3 Å². The maximum Gasteiger partial charge on any atom is 0.356 e. The minimum atomic E-state index is -1.10. The Balaban J connectivity index is 2.56. The van der Waals surface area contributed by atoms with Crippen LogP contribution in [0.15, 0.2) is 36.7 Å². The molecule has 0 spiro atoms. The maximum atomic E-state index is 11.0. The smallest absolute Gasteiger partial charge is 0.356 e. The van der Waals surface area contributed by atoms with Crippen LogP contribution < -0.4 is 4.74 Å². The van der Waals surface area contributed by atoms with Crippen molar-refractivity contribution < 1.29 is 14.6 Å². The highest BCUT2D eigenvalue weighted by molar-refractivity contribution is 5.92. The van der Waals surface area contributed by atoms with Gasteiger partial charge in [0.1, 0.15) is 11.4 Å². The van der Waals surface area contributed by atoms with Gasteiger partial charge < -0.3 is 9.84 Å². The Morgan fingerprint density at radius 3 is 2.76 bits per heavy atom. The monoisotopic (exact) mass is 230 g/mol. The van der Waals surface area contributed by atoms with E-state index in [1.165, 1.54) is 12.4 Å². The summed E-state index contributed by atoms with van der Waals surface area (Å²) in [5.41, 5.74) is 0.925. The number of carbonyl (C=O) groups is 1. The van der Waals surface area contributed by atoms with Gasteiger partial charge in [0, 0.05) is 18.0 Å². The number of methoxy groups -OCH3 is 1. The van der Waals surface area contributed by atoms with Crippen LogP contribution in [-0.2, 0) is 0 Å². The van der Waals surface area contributed by atoms with Crippen molar-refractivity contribution in [2.45, 2.75) is 0 Å². The second-order valence-corrected chi connectivity index (χ2v) is 3.29. The number of nitrogens with zero attached hydrogens (tertiary/aromatic N) is 2. The fourth-order valence-electron chi connectivity index (χ4n) is 1.48. The molecule has 0 aliphatic carbocycles. The van der Waals surface area contributed by atoms with E-state index in [0.29, 0.717) is 17.0 Å². The minimum Gasteiger partial charge on any atom is -0.497 e. The lowest BCUT2D eigenvalue weighted by Gasteiger charge is -2.05. The van der Waals surface area contributed by atoms with Crippen LogP contribution in [0.3, 0.4) is 0 Å². The van der Waals surface area contributed by atoms with Gasteiger partial charge in [-0.15, -0.1) is 0 Å². The fourth-order valence-corrected chi connectivity index (χ4v) is 1.48. The molecule has 2 aromatic rings. The standard InChI is InChI=1S/C12H10N2O3/c1-17-9-4-2-3-8(7-9)10-11(12(15)16)14-6-5-13-10/h2-7H,1H3,(H,15,16). The van der Waals surface area contributed by atoms with Crippen LogP contribution in [0.5, 0.6) is 5.75 Å². The third-order valence-corrected chi connectivity index (χ3v) is 2.24. The molecule has 0 unspecified atom stereocenters. The van der Waals surface area contributed by atoms with E-state index in [4.69, 9.17) is 9.84 Å². The molecule has 0 radical (unpaired) electrons. The number of carboxylic acid groups (broad SMARTS) is 1. The maximum absolute atomic E-state index is 11.0. The van der Waals surface area contributed by atoms with Gasteiger partial charge in [0.15, 0.2) is 5.69 Å². The number of aromatic carboxylic acids is 1. The van der Waals surface area contributed by atoms with Gasteiger partial charge in [-0.2, -0.15) is 0 Å². The zero-order chi connectivity index (χ0) is 12.3. The van der Waals surface area contributed by atoms with Gasteiger partial charge in [0.2, 0.25) is 0 Å². The highest BCUT2D eigenvalue weighted by Crippen LogP contribution is 2.23. The summed E-state index contributed by atoms with van der Waals surface area (Å²) in [5, 5.41) is 9.02. The summed E-state index contributed by atoms with van der Waals surface area (Å²) in [6, 6.07) is 7.03. The van der Waals surface area contributed by atoms with Gasteiger partial charge >= 0.3 is 5.97 Å². The van der Waals surface area contributed by atoms with Crippen LogP contribution in [0.2, 0.25) is 0 Å². The average Bonchev–Trinajstić information content (AvgIpc) is 2.39. The van der Waals surface area contributed by atoms with E-state index in [9.17, 15) is 4.79 Å². The predicted octanol–water partition coefficient (Wildman–Crippen LogP) is 1.85. The van der Waals surface area contributed by atoms with Crippen molar-refractivity contribution in [2.24, 2.45) is 0 Å². The Morgan fingerprint density at radius 1 is 1.29 bits per heavy atom. The molecule has 0 bridgehead atoms. The largest absolute Gasteiger partial charge is 0.497 e. The third kappa shape index (κ3) is 2.23. The molecule has 0 aliphatic rings. The van der Waals surface area contributed by atoms with E-state index in [0.717, 1.165) is 0 Å². The van der Waals surface area contributed by atoms with E-state index in [1.54, 1.807) is 31.4 Å². The Labute approximate surface area is 97.7 Å². The Kier molecular flexibility index (Phi) is 3.00. The van der Waals surface area contributed by atoms with Crippen molar-refractivity contribution in [1.82, 2.24) is 9.97 Å². The molecule has 0 amide bonds. The van der Waals surface area contributed by atoms with Gasteiger partial charge in [0.25, 0.3) is 0 Å². The van der Waals surface area contributed by atoms with E-state index < -0.39 is 5.97 Å². The van der Waals surface area contributed by atoms with Gasteiger partial charge in [-0.3, -0.25) is 4.98 Å². The molecule has 0 saturated carbocycles. The van der Waals surface area contributed by atoms with Crippen molar-refractivity contribution in [3.05, 3.63) is 42.4 Å².